The Morgan fingerprint density at radius 1 is 0.524 bits per heavy atom. The molecule has 0 aromatic heterocycles. The van der Waals surface area contributed by atoms with Gasteiger partial charge in [-0.1, -0.05) is 0 Å². The van der Waals surface area contributed by atoms with Crippen molar-refractivity contribution in [1.82, 2.24) is 20.9 Å². The molecule has 0 fully saturated rings. The van der Waals surface area contributed by atoms with E-state index in [0.717, 1.165) is 10.4 Å². The zero-order valence-electron chi connectivity index (χ0n) is 16.5. The number of nitrogens with one attached hydrogen (secondary N) is 4. The van der Waals surface area contributed by atoms with Gasteiger partial charge in [0.05, 0.1) is 15.9 Å². The van der Waals surface area contributed by atoms with Crippen LogP contribution in [-0.4, -0.2) is 38.3 Å². The standard InChI is InChI=1S/C16H40N4Si/c1-12(2,3)17-16(15(10,11)20-21,18-13(4,5)6)19-14(7,8)9/h17-20H,1-11,21H3. The van der Waals surface area contributed by atoms with Gasteiger partial charge in [0, 0.05) is 16.6 Å². The molecule has 5 heteroatoms. The summed E-state index contributed by atoms with van der Waals surface area (Å²) in [5.41, 5.74) is -0.211. The van der Waals surface area contributed by atoms with Crippen LogP contribution in [0.5, 0.6) is 0 Å². The monoisotopic (exact) mass is 316 g/mol. The molecule has 0 aliphatic carbocycles. The van der Waals surface area contributed by atoms with Crippen molar-refractivity contribution < 1.29 is 0 Å². The molecule has 0 aliphatic rings. The molecule has 0 aromatic carbocycles. The summed E-state index contributed by atoms with van der Waals surface area (Å²) >= 11 is 0. The summed E-state index contributed by atoms with van der Waals surface area (Å²) in [5.74, 6) is -0.427. The van der Waals surface area contributed by atoms with Gasteiger partial charge in [-0.25, -0.2) is 0 Å². The molecule has 0 aliphatic heterocycles. The van der Waals surface area contributed by atoms with Crippen LogP contribution < -0.4 is 20.9 Å². The van der Waals surface area contributed by atoms with E-state index in [1.807, 2.05) is 0 Å². The summed E-state index contributed by atoms with van der Waals surface area (Å²) in [7, 11) is 0.932. The molecule has 0 radical (unpaired) electrons. The largest absolute Gasteiger partial charge is 0.337 e. The number of hydrogen-bond donors (Lipinski definition) is 4. The summed E-state index contributed by atoms with van der Waals surface area (Å²) in [6.07, 6.45) is 0. The Morgan fingerprint density at radius 3 is 0.905 bits per heavy atom. The van der Waals surface area contributed by atoms with Crippen molar-refractivity contribution in [2.45, 2.75) is 104 Å². The molecule has 21 heavy (non-hydrogen) atoms. The highest BCUT2D eigenvalue weighted by atomic mass is 28.2. The van der Waals surface area contributed by atoms with Gasteiger partial charge >= 0.3 is 0 Å². The molecule has 0 rings (SSSR count). The van der Waals surface area contributed by atoms with Crippen molar-refractivity contribution >= 4 is 10.4 Å². The minimum atomic E-state index is -0.427. The molecule has 0 unspecified atom stereocenters. The lowest BCUT2D eigenvalue weighted by molar-refractivity contribution is 0.0169. The molecule has 0 spiro atoms. The van der Waals surface area contributed by atoms with Gasteiger partial charge in [0.25, 0.3) is 0 Å². The fraction of sp³-hybridized carbons (Fsp3) is 1.00. The van der Waals surface area contributed by atoms with E-state index < -0.39 is 5.79 Å². The summed E-state index contributed by atoms with van der Waals surface area (Å²) in [6, 6.07) is 0. The van der Waals surface area contributed by atoms with Gasteiger partial charge < -0.3 is 4.98 Å². The van der Waals surface area contributed by atoms with Crippen LogP contribution in [0.3, 0.4) is 0 Å². The Kier molecular flexibility index (Phi) is 6.30. The van der Waals surface area contributed by atoms with Crippen LogP contribution in [0, 0.1) is 0 Å². The highest BCUT2D eigenvalue weighted by molar-refractivity contribution is 6.05. The number of rotatable bonds is 5. The first-order valence-corrected chi connectivity index (χ1v) is 9.00. The van der Waals surface area contributed by atoms with Crippen molar-refractivity contribution in [1.29, 1.82) is 0 Å². The highest BCUT2D eigenvalue weighted by Gasteiger charge is 2.49. The number of hydrogen-bond acceptors (Lipinski definition) is 4. The maximum Gasteiger partial charge on any atom is 0.142 e. The van der Waals surface area contributed by atoms with Gasteiger partial charge in [-0.3, -0.25) is 16.0 Å². The van der Waals surface area contributed by atoms with E-state index in [9.17, 15) is 0 Å². The topological polar surface area (TPSA) is 48.1 Å². The van der Waals surface area contributed by atoms with Crippen LogP contribution in [0.15, 0.2) is 0 Å². The summed E-state index contributed by atoms with van der Waals surface area (Å²) in [6.45, 7) is 24.4. The van der Waals surface area contributed by atoms with E-state index in [1.165, 1.54) is 0 Å². The first kappa shape index (κ1) is 21.1. The van der Waals surface area contributed by atoms with Crippen LogP contribution in [-0.2, 0) is 0 Å². The second kappa shape index (κ2) is 6.28. The van der Waals surface area contributed by atoms with Crippen molar-refractivity contribution in [3.8, 4) is 0 Å². The van der Waals surface area contributed by atoms with Crippen LogP contribution in [0.1, 0.15) is 76.2 Å². The minimum Gasteiger partial charge on any atom is -0.337 e. The first-order chi connectivity index (χ1) is 8.93. The second-order valence-corrected chi connectivity index (χ2v) is 10.2. The predicted molar refractivity (Wildman–Crippen MR) is 98.6 cm³/mol. The lowest BCUT2D eigenvalue weighted by atomic mass is 9.88. The lowest BCUT2D eigenvalue weighted by Gasteiger charge is -2.56. The molecular formula is C16H40N4Si. The van der Waals surface area contributed by atoms with E-state index in [4.69, 9.17) is 0 Å². The average Bonchev–Trinajstić information content (AvgIpc) is 2.08. The quantitative estimate of drug-likeness (QED) is 0.458. The third-order valence-electron chi connectivity index (χ3n) is 3.25. The molecule has 0 heterocycles. The average molecular weight is 317 g/mol. The SMILES string of the molecule is CC(C)(C)NC(NC(C)(C)C)(NC(C)(C)C)C(C)(C)N[SiH3]. The third-order valence-corrected chi connectivity index (χ3v) is 4.50. The van der Waals surface area contributed by atoms with Crippen molar-refractivity contribution in [2.24, 2.45) is 0 Å². The van der Waals surface area contributed by atoms with Crippen molar-refractivity contribution in [2.75, 3.05) is 0 Å². The predicted octanol–water partition coefficient (Wildman–Crippen LogP) is 1.45. The molecule has 4 N–H and O–H groups in total. The van der Waals surface area contributed by atoms with Crippen LogP contribution >= 0.6 is 0 Å². The van der Waals surface area contributed by atoms with E-state index in [0.29, 0.717) is 0 Å². The van der Waals surface area contributed by atoms with E-state index in [2.05, 4.69) is 97.1 Å². The normalized spacial score (nSPS) is 15.6. The fourth-order valence-electron chi connectivity index (χ4n) is 2.44. The molecule has 0 aromatic rings. The lowest BCUT2D eigenvalue weighted by Crippen LogP contribution is -2.86. The summed E-state index contributed by atoms with van der Waals surface area (Å²) in [5, 5.41) is 11.4. The summed E-state index contributed by atoms with van der Waals surface area (Å²) in [4.78, 5) is 3.60. The van der Waals surface area contributed by atoms with Gasteiger partial charge in [-0.15, -0.1) is 0 Å². The van der Waals surface area contributed by atoms with Gasteiger partial charge in [-0.05, 0) is 76.2 Å². The molecular weight excluding hydrogens is 276 g/mol. The Hall–Kier alpha value is 0.0569. The van der Waals surface area contributed by atoms with Crippen LogP contribution in [0.4, 0.5) is 0 Å². The van der Waals surface area contributed by atoms with Crippen molar-refractivity contribution in [3.05, 3.63) is 0 Å². The maximum atomic E-state index is 3.81. The smallest absolute Gasteiger partial charge is 0.142 e. The molecule has 0 bridgehead atoms. The van der Waals surface area contributed by atoms with Gasteiger partial charge in [0.1, 0.15) is 5.79 Å². The first-order valence-electron chi connectivity index (χ1n) is 8.00. The molecule has 0 atom stereocenters. The zero-order valence-corrected chi connectivity index (χ0v) is 18.5. The van der Waals surface area contributed by atoms with E-state index in [1.54, 1.807) is 0 Å². The molecule has 0 saturated heterocycles. The maximum absolute atomic E-state index is 3.81. The second-order valence-electron chi connectivity index (χ2n) is 9.75. The molecule has 0 amide bonds. The van der Waals surface area contributed by atoms with Crippen LogP contribution in [0.25, 0.3) is 0 Å². The third kappa shape index (κ3) is 7.24. The Balaban J connectivity index is 5.95. The van der Waals surface area contributed by atoms with Crippen LogP contribution in [0.2, 0.25) is 0 Å². The van der Waals surface area contributed by atoms with Crippen molar-refractivity contribution in [3.63, 3.8) is 0 Å². The minimum absolute atomic E-state index is 0.0217. The highest BCUT2D eigenvalue weighted by Crippen LogP contribution is 2.25. The van der Waals surface area contributed by atoms with Gasteiger partial charge in [0.2, 0.25) is 0 Å². The molecule has 4 nitrogen and oxygen atoms in total. The Bertz CT molecular complexity index is 291. The van der Waals surface area contributed by atoms with E-state index >= 15 is 0 Å². The zero-order chi connectivity index (χ0) is 17.3. The molecule has 0 saturated carbocycles. The van der Waals surface area contributed by atoms with Gasteiger partial charge in [-0.2, -0.15) is 0 Å². The van der Waals surface area contributed by atoms with Gasteiger partial charge in [0.15, 0.2) is 0 Å². The van der Waals surface area contributed by atoms with E-state index in [-0.39, 0.29) is 22.2 Å². The summed E-state index contributed by atoms with van der Waals surface area (Å²) < 4.78 is 0. The molecule has 128 valence electrons. The Labute approximate surface area is 136 Å². The Morgan fingerprint density at radius 2 is 0.762 bits per heavy atom. The fourth-order valence-corrected chi connectivity index (χ4v) is 2.81.